The smallest absolute Gasteiger partial charge is 0.230 e. The Labute approximate surface area is 153 Å². The molecular weight excluding hydrogens is 324 g/mol. The summed E-state index contributed by atoms with van der Waals surface area (Å²) in [6, 6.07) is 16.7. The molecule has 0 fully saturated rings. The molecule has 1 aromatic heterocycles. The van der Waals surface area contributed by atoms with Gasteiger partial charge in [-0.15, -0.1) is 0 Å². The summed E-state index contributed by atoms with van der Waals surface area (Å²) in [6.45, 7) is 6.57. The zero-order valence-corrected chi connectivity index (χ0v) is 15.1. The van der Waals surface area contributed by atoms with Gasteiger partial charge >= 0.3 is 0 Å². The zero-order chi connectivity index (χ0) is 17.9. The summed E-state index contributed by atoms with van der Waals surface area (Å²) in [4.78, 5) is 15.2. The second-order valence-corrected chi connectivity index (χ2v) is 6.71. The summed E-state index contributed by atoms with van der Waals surface area (Å²) in [5, 5.41) is 7.64. The predicted molar refractivity (Wildman–Crippen MR) is 104 cm³/mol. The first-order chi connectivity index (χ1) is 12.7. The van der Waals surface area contributed by atoms with Gasteiger partial charge in [0.05, 0.1) is 11.2 Å². The molecule has 0 bridgehead atoms. The number of guanidine groups is 1. The maximum Gasteiger partial charge on any atom is 0.230 e. The Bertz CT molecular complexity index is 951. The van der Waals surface area contributed by atoms with E-state index in [2.05, 4.69) is 68.9 Å². The fourth-order valence-electron chi connectivity index (χ4n) is 3.16. The van der Waals surface area contributed by atoms with Crippen LogP contribution >= 0.6 is 0 Å². The highest BCUT2D eigenvalue weighted by atomic mass is 15.4. The summed E-state index contributed by atoms with van der Waals surface area (Å²) in [5.74, 6) is 1.31. The van der Waals surface area contributed by atoms with Crippen LogP contribution in [0, 0.1) is 13.8 Å². The van der Waals surface area contributed by atoms with Crippen LogP contribution in [0.4, 0.5) is 5.95 Å². The zero-order valence-electron chi connectivity index (χ0n) is 15.1. The molecule has 1 aliphatic heterocycles. The lowest BCUT2D eigenvalue weighted by atomic mass is 10.1. The molecule has 6 nitrogen and oxygen atoms in total. The van der Waals surface area contributed by atoms with Gasteiger partial charge in [-0.25, -0.2) is 9.97 Å². The van der Waals surface area contributed by atoms with E-state index in [4.69, 9.17) is 0 Å². The third-order valence-electron chi connectivity index (χ3n) is 4.54. The highest BCUT2D eigenvalue weighted by Crippen LogP contribution is 2.18. The van der Waals surface area contributed by atoms with E-state index in [1.165, 1.54) is 16.0 Å². The van der Waals surface area contributed by atoms with Crippen LogP contribution in [0.5, 0.6) is 0 Å². The Morgan fingerprint density at radius 1 is 1.08 bits per heavy atom. The molecule has 3 N–H and O–H groups in total. The van der Waals surface area contributed by atoms with E-state index in [9.17, 15) is 0 Å². The molecule has 132 valence electrons. The predicted octanol–water partition coefficient (Wildman–Crippen LogP) is 1.62. The van der Waals surface area contributed by atoms with Gasteiger partial charge in [-0.2, -0.15) is 4.99 Å². The van der Waals surface area contributed by atoms with Crippen molar-refractivity contribution in [1.29, 1.82) is 0 Å². The maximum atomic E-state index is 4.61. The molecule has 2 heterocycles. The van der Waals surface area contributed by atoms with Crippen molar-refractivity contribution in [2.45, 2.75) is 20.4 Å². The van der Waals surface area contributed by atoms with E-state index in [1.807, 2.05) is 19.1 Å². The van der Waals surface area contributed by atoms with Crippen molar-refractivity contribution in [2.75, 3.05) is 18.7 Å². The Morgan fingerprint density at radius 3 is 2.69 bits per heavy atom. The van der Waals surface area contributed by atoms with E-state index >= 15 is 0 Å². The van der Waals surface area contributed by atoms with E-state index in [0.29, 0.717) is 5.95 Å². The second-order valence-electron chi connectivity index (χ2n) is 6.71. The molecular formula is C20H23N6+. The Morgan fingerprint density at radius 2 is 1.92 bits per heavy atom. The molecule has 4 rings (SSSR count). The lowest BCUT2D eigenvalue weighted by molar-refractivity contribution is -0.916. The van der Waals surface area contributed by atoms with Crippen LogP contribution < -0.4 is 15.5 Å². The summed E-state index contributed by atoms with van der Waals surface area (Å²) in [6.07, 6.45) is 0. The lowest BCUT2D eigenvalue weighted by Gasteiger charge is -2.24. The average molecular weight is 347 g/mol. The van der Waals surface area contributed by atoms with Crippen LogP contribution in [0.2, 0.25) is 0 Å². The fourth-order valence-corrected chi connectivity index (χ4v) is 3.16. The minimum atomic E-state index is 0.580. The van der Waals surface area contributed by atoms with Gasteiger partial charge in [-0.05, 0) is 26.0 Å². The Balaban J connectivity index is 1.45. The van der Waals surface area contributed by atoms with Gasteiger partial charge in [-0.1, -0.05) is 42.0 Å². The molecule has 0 saturated carbocycles. The molecule has 1 aliphatic rings. The van der Waals surface area contributed by atoms with Crippen molar-refractivity contribution in [3.8, 4) is 0 Å². The molecule has 0 radical (unpaired) electrons. The number of hydrogen-bond acceptors (Lipinski definition) is 5. The van der Waals surface area contributed by atoms with Crippen LogP contribution in [0.15, 0.2) is 53.5 Å². The highest BCUT2D eigenvalue weighted by molar-refractivity contribution is 5.93. The van der Waals surface area contributed by atoms with Gasteiger partial charge in [0.25, 0.3) is 0 Å². The number of hydrogen-bond donors (Lipinski definition) is 3. The number of nitrogens with one attached hydrogen (secondary N) is 3. The first kappa shape index (κ1) is 16.5. The number of rotatable bonds is 3. The van der Waals surface area contributed by atoms with Crippen molar-refractivity contribution >= 4 is 22.8 Å². The minimum absolute atomic E-state index is 0.580. The van der Waals surface area contributed by atoms with Gasteiger partial charge < -0.3 is 5.32 Å². The molecule has 1 atom stereocenters. The van der Waals surface area contributed by atoms with Gasteiger partial charge in [0.2, 0.25) is 11.9 Å². The first-order valence-electron chi connectivity index (χ1n) is 8.85. The number of anilines is 1. The third-order valence-corrected chi connectivity index (χ3v) is 4.54. The van der Waals surface area contributed by atoms with Crippen molar-refractivity contribution in [3.05, 3.63) is 65.4 Å². The molecule has 6 heteroatoms. The number of aromatic nitrogens is 2. The molecule has 0 amide bonds. The van der Waals surface area contributed by atoms with Gasteiger partial charge in [0.15, 0.2) is 13.3 Å². The first-order valence-corrected chi connectivity index (χ1v) is 8.85. The number of nitrogens with zero attached hydrogens (tertiary/aromatic N) is 3. The summed E-state index contributed by atoms with van der Waals surface area (Å²) >= 11 is 0. The number of aryl methyl sites for hydroxylation is 2. The molecule has 26 heavy (non-hydrogen) atoms. The van der Waals surface area contributed by atoms with Crippen LogP contribution in [0.3, 0.4) is 0 Å². The summed E-state index contributed by atoms with van der Waals surface area (Å²) < 4.78 is 0. The minimum Gasteiger partial charge on any atom is -0.309 e. The molecule has 0 saturated heterocycles. The van der Waals surface area contributed by atoms with E-state index in [0.717, 1.165) is 42.4 Å². The normalized spacial score (nSPS) is 16.8. The fraction of sp³-hybridized carbons (Fsp3) is 0.250. The number of benzene rings is 2. The van der Waals surface area contributed by atoms with E-state index < -0.39 is 0 Å². The molecule has 2 aromatic carbocycles. The third kappa shape index (κ3) is 3.65. The van der Waals surface area contributed by atoms with Crippen LogP contribution in [0.25, 0.3) is 10.9 Å². The second kappa shape index (κ2) is 7.09. The van der Waals surface area contributed by atoms with Gasteiger partial charge in [0, 0.05) is 10.9 Å². The summed E-state index contributed by atoms with van der Waals surface area (Å²) in [5.41, 5.74) is 4.44. The Kier molecular flexibility index (Phi) is 4.50. The van der Waals surface area contributed by atoms with Crippen molar-refractivity contribution in [3.63, 3.8) is 0 Å². The average Bonchev–Trinajstić information content (AvgIpc) is 2.65. The van der Waals surface area contributed by atoms with E-state index in [1.54, 1.807) is 0 Å². The standard InChI is InChI=1S/C20H22N6/c1-14-8-9-18-17(10-14)15(2)23-20(24-18)25-19-21-12-26(13-22-19)11-16-6-4-3-5-7-16/h3-10H,11-13H2,1-2H3,(H2,21,22,23,24,25)/p+1. The van der Waals surface area contributed by atoms with E-state index in [-0.39, 0.29) is 0 Å². The molecule has 0 spiro atoms. The SMILES string of the molecule is Cc1ccc2nc(NC3=NC[NH+](Cc4ccccc4)CN3)nc(C)c2c1. The largest absolute Gasteiger partial charge is 0.309 e. The number of aliphatic imine (C=N–C) groups is 1. The van der Waals surface area contributed by atoms with Crippen molar-refractivity contribution < 1.29 is 4.90 Å². The summed E-state index contributed by atoms with van der Waals surface area (Å²) in [7, 11) is 0. The van der Waals surface area contributed by atoms with Crippen molar-refractivity contribution in [2.24, 2.45) is 4.99 Å². The van der Waals surface area contributed by atoms with Crippen LogP contribution in [0.1, 0.15) is 16.8 Å². The lowest BCUT2D eigenvalue weighted by Crippen LogP contribution is -3.13. The monoisotopic (exact) mass is 347 g/mol. The van der Waals surface area contributed by atoms with Crippen LogP contribution in [-0.2, 0) is 6.54 Å². The molecule has 3 aromatic rings. The van der Waals surface area contributed by atoms with Crippen molar-refractivity contribution in [1.82, 2.24) is 15.3 Å². The molecule has 1 unspecified atom stereocenters. The number of fused-ring (bicyclic) bond motifs is 1. The maximum absolute atomic E-state index is 4.61. The van der Waals surface area contributed by atoms with Crippen LogP contribution in [-0.4, -0.2) is 29.3 Å². The number of quaternary nitrogens is 1. The Hall–Kier alpha value is -2.99. The highest BCUT2D eigenvalue weighted by Gasteiger charge is 2.16. The topological polar surface area (TPSA) is 66.6 Å². The quantitative estimate of drug-likeness (QED) is 0.674. The van der Waals surface area contributed by atoms with Gasteiger partial charge in [-0.3, -0.25) is 10.2 Å². The molecule has 0 aliphatic carbocycles. The van der Waals surface area contributed by atoms with Gasteiger partial charge in [0.1, 0.15) is 6.54 Å².